The molecule has 0 fully saturated rings. The molecule has 0 saturated carbocycles. The fourth-order valence-electron chi connectivity index (χ4n) is 3.43. The Bertz CT molecular complexity index is 1240. The van der Waals surface area contributed by atoms with Gasteiger partial charge < -0.3 is 14.5 Å². The Morgan fingerprint density at radius 3 is 2.57 bits per heavy atom. The van der Waals surface area contributed by atoms with Crippen molar-refractivity contribution in [1.82, 2.24) is 9.88 Å². The molecule has 0 unspecified atom stereocenters. The van der Waals surface area contributed by atoms with Crippen LogP contribution < -0.4 is 9.47 Å². The van der Waals surface area contributed by atoms with E-state index in [1.807, 2.05) is 0 Å². The third-order valence-electron chi connectivity index (χ3n) is 4.81. The van der Waals surface area contributed by atoms with E-state index < -0.39 is 17.6 Å². The number of fused-ring (bicyclic) bond motifs is 2. The quantitative estimate of drug-likeness (QED) is 0.696. The summed E-state index contributed by atoms with van der Waals surface area (Å²) in [6.07, 6.45) is 2.90. The number of amides is 2. The molecule has 2 amide bonds. The molecule has 0 aliphatic carbocycles. The molecule has 7 heteroatoms. The van der Waals surface area contributed by atoms with Crippen molar-refractivity contribution in [2.75, 3.05) is 7.05 Å². The number of aromatic amines is 1. The zero-order chi connectivity index (χ0) is 19.4. The predicted octanol–water partition coefficient (Wildman–Crippen LogP) is 3.37. The second kappa shape index (κ2) is 5.82. The summed E-state index contributed by atoms with van der Waals surface area (Å²) in [6, 6.07) is 11.2. The molecule has 6 nitrogen and oxygen atoms in total. The molecule has 3 heterocycles. The average molecular weight is 376 g/mol. The largest absolute Gasteiger partial charge is 0.457 e. The number of nitrogens with zero attached hydrogens (tertiary/aromatic N) is 1. The summed E-state index contributed by atoms with van der Waals surface area (Å²) in [6.45, 7) is 0. The van der Waals surface area contributed by atoms with Crippen molar-refractivity contribution in [2.24, 2.45) is 0 Å². The Morgan fingerprint density at radius 2 is 1.75 bits per heavy atom. The Balaban J connectivity index is 1.70. The van der Waals surface area contributed by atoms with Crippen LogP contribution in [0.5, 0.6) is 11.5 Å². The number of para-hydroxylation sites is 2. The highest BCUT2D eigenvalue weighted by molar-refractivity contribution is 6.38. The number of likely N-dealkylation sites (N-methyl/N-ethyl adjacent to an activating group) is 1. The van der Waals surface area contributed by atoms with E-state index >= 15 is 0 Å². The van der Waals surface area contributed by atoms with E-state index in [1.54, 1.807) is 36.5 Å². The first-order chi connectivity index (χ1) is 13.5. The molecule has 0 saturated heterocycles. The fraction of sp³-hybridized carbons (Fsp3) is 0.0476. The van der Waals surface area contributed by atoms with Crippen molar-refractivity contribution >= 4 is 28.3 Å². The highest BCUT2D eigenvalue weighted by atomic mass is 19.1. The third kappa shape index (κ3) is 2.26. The van der Waals surface area contributed by atoms with Gasteiger partial charge in [0.15, 0.2) is 17.3 Å². The van der Waals surface area contributed by atoms with Gasteiger partial charge in [-0.3, -0.25) is 14.5 Å². The molecule has 138 valence electrons. The monoisotopic (exact) mass is 376 g/mol. The van der Waals surface area contributed by atoms with E-state index in [4.69, 9.17) is 9.47 Å². The molecule has 1 N–H and O–H groups in total. The molecule has 0 atom stereocenters. The minimum Gasteiger partial charge on any atom is -0.457 e. The van der Waals surface area contributed by atoms with Gasteiger partial charge in [-0.05, 0) is 30.3 Å². The van der Waals surface area contributed by atoms with Crippen LogP contribution in [-0.4, -0.2) is 28.7 Å². The molecule has 2 aromatic carbocycles. The van der Waals surface area contributed by atoms with Gasteiger partial charge in [0.1, 0.15) is 12.1 Å². The van der Waals surface area contributed by atoms with Crippen LogP contribution in [0, 0.1) is 5.82 Å². The Kier molecular flexibility index (Phi) is 3.39. The molecule has 5 rings (SSSR count). The molecule has 2 aliphatic heterocycles. The molecule has 0 bridgehead atoms. The standard InChI is InChI=1S/C21H13FN2O4/c1-24-20(25)18(13-9-23-14-8-11(22)6-7-12(13)14)19(21(24)26)17-10-27-15-4-2-3-5-16(15)28-17/h2-10,23H,1H3. The summed E-state index contributed by atoms with van der Waals surface area (Å²) in [5.41, 5.74) is 1.31. The number of H-pyrrole nitrogens is 1. The number of ether oxygens (including phenoxy) is 2. The normalized spacial score (nSPS) is 16.2. The Morgan fingerprint density at radius 1 is 1.00 bits per heavy atom. The van der Waals surface area contributed by atoms with Crippen LogP contribution in [0.2, 0.25) is 0 Å². The number of aromatic nitrogens is 1. The van der Waals surface area contributed by atoms with Gasteiger partial charge >= 0.3 is 0 Å². The molecule has 0 radical (unpaired) electrons. The average Bonchev–Trinajstić information content (AvgIpc) is 3.21. The smallest absolute Gasteiger partial charge is 0.265 e. The van der Waals surface area contributed by atoms with Gasteiger partial charge in [0.2, 0.25) is 0 Å². The molecular weight excluding hydrogens is 363 g/mol. The molecule has 0 spiro atoms. The third-order valence-corrected chi connectivity index (χ3v) is 4.81. The summed E-state index contributed by atoms with van der Waals surface area (Å²) < 4.78 is 25.0. The van der Waals surface area contributed by atoms with E-state index in [2.05, 4.69) is 4.98 Å². The van der Waals surface area contributed by atoms with Crippen molar-refractivity contribution in [2.45, 2.75) is 0 Å². The topological polar surface area (TPSA) is 71.6 Å². The van der Waals surface area contributed by atoms with Crippen molar-refractivity contribution in [3.8, 4) is 11.5 Å². The van der Waals surface area contributed by atoms with Crippen molar-refractivity contribution in [3.05, 3.63) is 77.6 Å². The zero-order valence-corrected chi connectivity index (χ0v) is 14.7. The number of hydrogen-bond donors (Lipinski definition) is 1. The first-order valence-electron chi connectivity index (χ1n) is 8.52. The molecule has 1 aromatic heterocycles. The lowest BCUT2D eigenvalue weighted by Crippen LogP contribution is -2.27. The lowest BCUT2D eigenvalue weighted by Gasteiger charge is -2.18. The van der Waals surface area contributed by atoms with Gasteiger partial charge in [-0.15, -0.1) is 0 Å². The number of halogens is 1. The second-order valence-corrected chi connectivity index (χ2v) is 6.46. The SMILES string of the molecule is CN1C(=O)C(C2=COc3ccccc3O2)=C(c2c[nH]c3cc(F)ccc23)C1=O. The highest BCUT2D eigenvalue weighted by Crippen LogP contribution is 2.40. The predicted molar refractivity (Wildman–Crippen MR) is 98.7 cm³/mol. The first kappa shape index (κ1) is 16.3. The van der Waals surface area contributed by atoms with E-state index in [0.717, 1.165) is 4.90 Å². The lowest BCUT2D eigenvalue weighted by atomic mass is 9.99. The van der Waals surface area contributed by atoms with E-state index in [1.165, 1.54) is 25.4 Å². The number of nitrogens with one attached hydrogen (secondary N) is 1. The minimum absolute atomic E-state index is 0.104. The van der Waals surface area contributed by atoms with E-state index in [9.17, 15) is 14.0 Å². The number of rotatable bonds is 2. The van der Waals surface area contributed by atoms with Crippen LogP contribution in [0.4, 0.5) is 4.39 Å². The van der Waals surface area contributed by atoms with Gasteiger partial charge in [0.25, 0.3) is 11.8 Å². The minimum atomic E-state index is -0.495. The summed E-state index contributed by atoms with van der Waals surface area (Å²) in [7, 11) is 1.41. The Labute approximate surface area is 158 Å². The lowest BCUT2D eigenvalue weighted by molar-refractivity contribution is -0.135. The van der Waals surface area contributed by atoms with Gasteiger partial charge in [0.05, 0.1) is 11.1 Å². The van der Waals surface area contributed by atoms with Crippen LogP contribution in [0.3, 0.4) is 0 Å². The number of imide groups is 1. The molecule has 3 aromatic rings. The maximum absolute atomic E-state index is 13.5. The van der Waals surface area contributed by atoms with Crippen LogP contribution in [0.1, 0.15) is 5.56 Å². The summed E-state index contributed by atoms with van der Waals surface area (Å²) >= 11 is 0. The maximum Gasteiger partial charge on any atom is 0.265 e. The van der Waals surface area contributed by atoms with E-state index in [-0.39, 0.29) is 16.9 Å². The van der Waals surface area contributed by atoms with Crippen LogP contribution in [0.25, 0.3) is 16.5 Å². The number of benzene rings is 2. The second-order valence-electron chi connectivity index (χ2n) is 6.46. The fourth-order valence-corrected chi connectivity index (χ4v) is 3.43. The summed E-state index contributed by atoms with van der Waals surface area (Å²) in [5.74, 6) is -0.250. The van der Waals surface area contributed by atoms with Gasteiger partial charge in [-0.1, -0.05) is 12.1 Å². The van der Waals surface area contributed by atoms with Crippen LogP contribution in [0.15, 0.2) is 66.3 Å². The number of carbonyl (C=O) groups excluding carboxylic acids is 2. The van der Waals surface area contributed by atoms with E-state index in [0.29, 0.717) is 28.0 Å². The zero-order valence-electron chi connectivity index (χ0n) is 14.7. The molecule has 28 heavy (non-hydrogen) atoms. The number of carbonyl (C=O) groups is 2. The van der Waals surface area contributed by atoms with Gasteiger partial charge in [0, 0.05) is 29.7 Å². The Hall–Kier alpha value is -3.87. The van der Waals surface area contributed by atoms with Gasteiger partial charge in [-0.25, -0.2) is 4.39 Å². The first-order valence-corrected chi connectivity index (χ1v) is 8.52. The number of hydrogen-bond acceptors (Lipinski definition) is 4. The highest BCUT2D eigenvalue weighted by Gasteiger charge is 2.41. The molecule has 2 aliphatic rings. The maximum atomic E-state index is 13.5. The summed E-state index contributed by atoms with van der Waals surface area (Å²) in [5, 5.41) is 0.628. The molecular formula is C21H13FN2O4. The van der Waals surface area contributed by atoms with Crippen LogP contribution >= 0.6 is 0 Å². The van der Waals surface area contributed by atoms with Crippen molar-refractivity contribution < 1.29 is 23.5 Å². The van der Waals surface area contributed by atoms with Gasteiger partial charge in [-0.2, -0.15) is 0 Å². The van der Waals surface area contributed by atoms with Crippen molar-refractivity contribution in [3.63, 3.8) is 0 Å². The summed E-state index contributed by atoms with van der Waals surface area (Å²) in [4.78, 5) is 29.7. The van der Waals surface area contributed by atoms with Crippen LogP contribution in [-0.2, 0) is 9.59 Å². The van der Waals surface area contributed by atoms with Crippen molar-refractivity contribution in [1.29, 1.82) is 0 Å².